The molecule has 0 aromatic heterocycles. The molecule has 0 fully saturated rings. The molecular formula is C16H26N2. The summed E-state index contributed by atoms with van der Waals surface area (Å²) in [6, 6.07) is 8.65. The van der Waals surface area contributed by atoms with Crippen molar-refractivity contribution in [2.45, 2.75) is 34.1 Å². The molecule has 2 heteroatoms. The molecule has 0 N–H and O–H groups in total. The van der Waals surface area contributed by atoms with Gasteiger partial charge in [0, 0.05) is 31.5 Å². The van der Waals surface area contributed by atoms with Gasteiger partial charge in [-0.25, -0.2) is 0 Å². The first-order chi connectivity index (χ1) is 8.71. The van der Waals surface area contributed by atoms with Crippen molar-refractivity contribution >= 4 is 11.9 Å². The Labute approximate surface area is 112 Å². The molecule has 0 aliphatic carbocycles. The average Bonchev–Trinajstić information content (AvgIpc) is 2.41. The molecule has 0 spiro atoms. The van der Waals surface area contributed by atoms with Crippen LogP contribution in [-0.4, -0.2) is 25.8 Å². The molecule has 0 saturated carbocycles. The number of aliphatic imine (C=N–C) groups is 1. The van der Waals surface area contributed by atoms with E-state index in [9.17, 15) is 0 Å². The summed E-state index contributed by atoms with van der Waals surface area (Å²) in [5.74, 6) is 0.677. The number of anilines is 1. The van der Waals surface area contributed by atoms with Crippen LogP contribution in [0.4, 0.5) is 5.69 Å². The molecule has 1 rings (SSSR count). The van der Waals surface area contributed by atoms with E-state index in [0.29, 0.717) is 5.92 Å². The van der Waals surface area contributed by atoms with E-state index in [1.54, 1.807) is 0 Å². The van der Waals surface area contributed by atoms with Crippen molar-refractivity contribution in [3.8, 4) is 0 Å². The normalized spacial score (nSPS) is 12.9. The summed E-state index contributed by atoms with van der Waals surface area (Å²) in [6.07, 6.45) is 3.18. The second-order valence-electron chi connectivity index (χ2n) is 4.77. The molecule has 0 aliphatic rings. The molecule has 2 nitrogen and oxygen atoms in total. The van der Waals surface area contributed by atoms with Gasteiger partial charge in [-0.1, -0.05) is 32.4 Å². The molecule has 0 amide bonds. The van der Waals surface area contributed by atoms with Crippen LogP contribution in [-0.2, 0) is 0 Å². The monoisotopic (exact) mass is 246 g/mol. The van der Waals surface area contributed by atoms with Crippen LogP contribution in [0, 0.1) is 5.92 Å². The number of hydrogen-bond acceptors (Lipinski definition) is 2. The minimum absolute atomic E-state index is 0.677. The smallest absolute Gasteiger partial charge is 0.0415 e. The summed E-state index contributed by atoms with van der Waals surface area (Å²) in [7, 11) is 0. The predicted molar refractivity (Wildman–Crippen MR) is 81.9 cm³/mol. The van der Waals surface area contributed by atoms with Gasteiger partial charge in [0.1, 0.15) is 0 Å². The highest BCUT2D eigenvalue weighted by Crippen LogP contribution is 2.14. The van der Waals surface area contributed by atoms with Crippen molar-refractivity contribution in [1.29, 1.82) is 0 Å². The fourth-order valence-electron chi connectivity index (χ4n) is 1.83. The summed E-state index contributed by atoms with van der Waals surface area (Å²) < 4.78 is 0. The maximum absolute atomic E-state index is 4.49. The summed E-state index contributed by atoms with van der Waals surface area (Å²) >= 11 is 0. The van der Waals surface area contributed by atoms with Crippen molar-refractivity contribution in [3.05, 3.63) is 29.8 Å². The Morgan fingerprint density at radius 3 is 2.22 bits per heavy atom. The molecule has 0 saturated heterocycles. The van der Waals surface area contributed by atoms with Crippen LogP contribution >= 0.6 is 0 Å². The number of rotatable bonds is 7. The topological polar surface area (TPSA) is 15.6 Å². The minimum Gasteiger partial charge on any atom is -0.372 e. The first-order valence-electron chi connectivity index (χ1n) is 7.06. The fraction of sp³-hybridized carbons (Fsp3) is 0.562. The van der Waals surface area contributed by atoms with Crippen LogP contribution in [0.1, 0.15) is 39.7 Å². The summed E-state index contributed by atoms with van der Waals surface area (Å²) in [5.41, 5.74) is 2.48. The van der Waals surface area contributed by atoms with E-state index >= 15 is 0 Å². The minimum atomic E-state index is 0.677. The maximum atomic E-state index is 4.49. The van der Waals surface area contributed by atoms with E-state index in [1.807, 2.05) is 6.21 Å². The third kappa shape index (κ3) is 4.52. The van der Waals surface area contributed by atoms with Crippen LogP contribution in [0.25, 0.3) is 0 Å². The fourth-order valence-corrected chi connectivity index (χ4v) is 1.83. The quantitative estimate of drug-likeness (QED) is 0.664. The molecular weight excluding hydrogens is 220 g/mol. The highest BCUT2D eigenvalue weighted by Gasteiger charge is 2.00. The Kier molecular flexibility index (Phi) is 6.48. The van der Waals surface area contributed by atoms with Crippen LogP contribution in [0.15, 0.2) is 29.3 Å². The lowest BCUT2D eigenvalue weighted by Crippen LogP contribution is -2.21. The third-order valence-electron chi connectivity index (χ3n) is 3.38. The number of benzene rings is 1. The van der Waals surface area contributed by atoms with Gasteiger partial charge >= 0.3 is 0 Å². The van der Waals surface area contributed by atoms with Gasteiger partial charge in [-0.3, -0.25) is 4.99 Å². The molecule has 1 unspecified atom stereocenters. The molecule has 0 heterocycles. The molecule has 0 aliphatic heterocycles. The maximum Gasteiger partial charge on any atom is 0.0415 e. The van der Waals surface area contributed by atoms with E-state index in [4.69, 9.17) is 0 Å². The molecule has 1 aromatic rings. The van der Waals surface area contributed by atoms with Crippen molar-refractivity contribution in [1.82, 2.24) is 0 Å². The second kappa shape index (κ2) is 7.91. The highest BCUT2D eigenvalue weighted by atomic mass is 15.1. The van der Waals surface area contributed by atoms with Crippen molar-refractivity contribution in [2.75, 3.05) is 24.5 Å². The zero-order valence-corrected chi connectivity index (χ0v) is 12.2. The first kappa shape index (κ1) is 14.7. The number of nitrogens with zero attached hydrogens (tertiary/aromatic N) is 2. The summed E-state index contributed by atoms with van der Waals surface area (Å²) in [4.78, 5) is 6.84. The molecule has 1 atom stereocenters. The van der Waals surface area contributed by atoms with E-state index in [-0.39, 0.29) is 0 Å². The van der Waals surface area contributed by atoms with Gasteiger partial charge < -0.3 is 4.90 Å². The predicted octanol–water partition coefficient (Wildman–Crippen LogP) is 4.00. The van der Waals surface area contributed by atoms with Crippen LogP contribution in [0.2, 0.25) is 0 Å². The Morgan fingerprint density at radius 2 is 1.72 bits per heavy atom. The molecule has 0 bridgehead atoms. The van der Waals surface area contributed by atoms with E-state index in [0.717, 1.165) is 19.6 Å². The third-order valence-corrected chi connectivity index (χ3v) is 3.38. The van der Waals surface area contributed by atoms with Crippen molar-refractivity contribution < 1.29 is 0 Å². The van der Waals surface area contributed by atoms with Gasteiger partial charge in [-0.2, -0.15) is 0 Å². The summed E-state index contributed by atoms with van der Waals surface area (Å²) in [5, 5.41) is 0. The second-order valence-corrected chi connectivity index (χ2v) is 4.77. The zero-order chi connectivity index (χ0) is 13.4. The standard InChI is InChI=1S/C16H26N2/c1-5-14(4)12-17-13-15-8-10-16(11-9-15)18(6-2)7-3/h8-11,13-14H,5-7,12H2,1-4H3. The molecule has 1 aromatic carbocycles. The van der Waals surface area contributed by atoms with Crippen molar-refractivity contribution in [3.63, 3.8) is 0 Å². The molecule has 0 radical (unpaired) electrons. The van der Waals surface area contributed by atoms with Crippen molar-refractivity contribution in [2.24, 2.45) is 10.9 Å². The largest absolute Gasteiger partial charge is 0.372 e. The Balaban J connectivity index is 2.60. The zero-order valence-electron chi connectivity index (χ0n) is 12.2. The lowest BCUT2D eigenvalue weighted by Gasteiger charge is -2.20. The van der Waals surface area contributed by atoms with E-state index in [2.05, 4.69) is 61.9 Å². The lowest BCUT2D eigenvalue weighted by molar-refractivity contribution is 0.578. The highest BCUT2D eigenvalue weighted by molar-refractivity contribution is 5.80. The van der Waals surface area contributed by atoms with Crippen LogP contribution in [0.5, 0.6) is 0 Å². The van der Waals surface area contributed by atoms with Crippen LogP contribution < -0.4 is 4.90 Å². The average molecular weight is 246 g/mol. The van der Waals surface area contributed by atoms with Gasteiger partial charge in [0.25, 0.3) is 0 Å². The van der Waals surface area contributed by atoms with Gasteiger partial charge in [0.15, 0.2) is 0 Å². The van der Waals surface area contributed by atoms with Crippen LogP contribution in [0.3, 0.4) is 0 Å². The van der Waals surface area contributed by atoms with Gasteiger partial charge in [-0.05, 0) is 37.5 Å². The Morgan fingerprint density at radius 1 is 1.11 bits per heavy atom. The summed E-state index contributed by atoms with van der Waals surface area (Å²) in [6.45, 7) is 11.8. The molecule has 18 heavy (non-hydrogen) atoms. The van der Waals surface area contributed by atoms with E-state index in [1.165, 1.54) is 17.7 Å². The van der Waals surface area contributed by atoms with Gasteiger partial charge in [0.2, 0.25) is 0 Å². The van der Waals surface area contributed by atoms with Gasteiger partial charge in [-0.15, -0.1) is 0 Å². The Hall–Kier alpha value is -1.31. The Bertz CT molecular complexity index is 350. The lowest BCUT2D eigenvalue weighted by atomic mass is 10.1. The molecule has 100 valence electrons. The first-order valence-corrected chi connectivity index (χ1v) is 7.06. The van der Waals surface area contributed by atoms with Gasteiger partial charge in [0.05, 0.1) is 0 Å². The number of hydrogen-bond donors (Lipinski definition) is 0. The van der Waals surface area contributed by atoms with E-state index < -0.39 is 0 Å². The SMILES string of the molecule is CCC(C)CN=Cc1ccc(N(CC)CC)cc1.